The van der Waals surface area contributed by atoms with Crippen LogP contribution >= 0.6 is 0 Å². The third-order valence-corrected chi connectivity index (χ3v) is 3.31. The van der Waals surface area contributed by atoms with E-state index in [-0.39, 0.29) is 0 Å². The van der Waals surface area contributed by atoms with Crippen LogP contribution in [-0.2, 0) is 6.42 Å². The zero-order valence-electron chi connectivity index (χ0n) is 11.2. The van der Waals surface area contributed by atoms with Crippen molar-refractivity contribution in [1.29, 1.82) is 0 Å². The summed E-state index contributed by atoms with van der Waals surface area (Å²) in [5.74, 6) is 1.62. The highest BCUT2D eigenvalue weighted by molar-refractivity contribution is 5.43. The zero-order valence-corrected chi connectivity index (χ0v) is 11.2. The molecule has 1 fully saturated rings. The fourth-order valence-corrected chi connectivity index (χ4v) is 2.23. The minimum absolute atomic E-state index is 0.535. The first-order chi connectivity index (χ1) is 8.63. The summed E-state index contributed by atoms with van der Waals surface area (Å²) in [6, 6.07) is 0. The quantitative estimate of drug-likeness (QED) is 0.723. The molecule has 0 spiro atoms. The van der Waals surface area contributed by atoms with E-state index in [2.05, 4.69) is 27.5 Å². The lowest BCUT2D eigenvalue weighted by atomic mass is 10.0. The van der Waals surface area contributed by atoms with Crippen molar-refractivity contribution in [3.63, 3.8) is 0 Å². The first-order valence-corrected chi connectivity index (χ1v) is 6.62. The van der Waals surface area contributed by atoms with Gasteiger partial charge in [0.1, 0.15) is 11.6 Å². The highest BCUT2D eigenvalue weighted by Gasteiger charge is 2.30. The molecule has 0 aromatic carbocycles. The second kappa shape index (κ2) is 5.63. The molecule has 1 aliphatic heterocycles. The molecule has 2 heterocycles. The summed E-state index contributed by atoms with van der Waals surface area (Å²) in [5, 5.41) is 16.7. The molecule has 3 N–H and O–H groups in total. The number of β-amino-alcohol motifs (C(OH)–C–C–N with tert-alkyl or cyclic N) is 1. The molecule has 100 valence electrons. The monoisotopic (exact) mass is 250 g/mol. The molecule has 5 nitrogen and oxygen atoms in total. The number of aromatic nitrogens is 2. The molecule has 1 aliphatic rings. The largest absolute Gasteiger partial charge is 0.387 e. The molecule has 1 unspecified atom stereocenters. The first-order valence-electron chi connectivity index (χ1n) is 6.62. The second-order valence-corrected chi connectivity index (χ2v) is 5.05. The lowest BCUT2D eigenvalue weighted by molar-refractivity contribution is 0.0751. The van der Waals surface area contributed by atoms with Gasteiger partial charge in [0.15, 0.2) is 0 Å². The van der Waals surface area contributed by atoms with Gasteiger partial charge in [0.05, 0.1) is 5.60 Å². The van der Waals surface area contributed by atoms with E-state index in [0.717, 1.165) is 43.0 Å². The smallest absolute Gasteiger partial charge is 0.132 e. The van der Waals surface area contributed by atoms with Gasteiger partial charge in [0, 0.05) is 24.8 Å². The van der Waals surface area contributed by atoms with Gasteiger partial charge in [-0.1, -0.05) is 13.3 Å². The van der Waals surface area contributed by atoms with Crippen molar-refractivity contribution in [1.82, 2.24) is 15.3 Å². The second-order valence-electron chi connectivity index (χ2n) is 5.05. The van der Waals surface area contributed by atoms with Crippen LogP contribution in [0.4, 0.5) is 5.82 Å². The average Bonchev–Trinajstić information content (AvgIpc) is 2.77. The van der Waals surface area contributed by atoms with Crippen LogP contribution in [0.3, 0.4) is 0 Å². The van der Waals surface area contributed by atoms with Crippen molar-refractivity contribution in [3.8, 4) is 0 Å². The van der Waals surface area contributed by atoms with Crippen LogP contribution in [0.25, 0.3) is 0 Å². The van der Waals surface area contributed by atoms with E-state index in [1.165, 1.54) is 0 Å². The molecule has 1 aromatic heterocycles. The molecule has 18 heavy (non-hydrogen) atoms. The summed E-state index contributed by atoms with van der Waals surface area (Å²) >= 11 is 0. The van der Waals surface area contributed by atoms with E-state index in [1.54, 1.807) is 0 Å². The maximum Gasteiger partial charge on any atom is 0.132 e. The van der Waals surface area contributed by atoms with Crippen molar-refractivity contribution >= 4 is 5.82 Å². The molecule has 0 amide bonds. The number of nitrogens with one attached hydrogen (secondary N) is 2. The minimum Gasteiger partial charge on any atom is -0.387 e. The van der Waals surface area contributed by atoms with E-state index in [4.69, 9.17) is 0 Å². The van der Waals surface area contributed by atoms with E-state index >= 15 is 0 Å². The summed E-state index contributed by atoms with van der Waals surface area (Å²) in [6.45, 7) is 6.08. The van der Waals surface area contributed by atoms with Crippen LogP contribution in [-0.4, -0.2) is 40.3 Å². The van der Waals surface area contributed by atoms with E-state index in [0.29, 0.717) is 13.1 Å². The minimum atomic E-state index is -0.650. The predicted molar refractivity (Wildman–Crippen MR) is 71.7 cm³/mol. The Hall–Kier alpha value is -1.20. The number of hydrogen-bond acceptors (Lipinski definition) is 5. The molecule has 0 radical (unpaired) electrons. The molecule has 1 saturated heterocycles. The number of aliphatic hydroxyl groups is 1. The summed E-state index contributed by atoms with van der Waals surface area (Å²) < 4.78 is 0. The van der Waals surface area contributed by atoms with Gasteiger partial charge < -0.3 is 15.7 Å². The van der Waals surface area contributed by atoms with Gasteiger partial charge in [0.25, 0.3) is 0 Å². The van der Waals surface area contributed by atoms with E-state index in [9.17, 15) is 5.11 Å². The van der Waals surface area contributed by atoms with Crippen LogP contribution in [0.5, 0.6) is 0 Å². The number of anilines is 1. The Morgan fingerprint density at radius 2 is 2.39 bits per heavy atom. The van der Waals surface area contributed by atoms with Crippen LogP contribution in [0.1, 0.15) is 31.2 Å². The zero-order chi connectivity index (χ0) is 13.0. The summed E-state index contributed by atoms with van der Waals surface area (Å²) in [5.41, 5.74) is 0.472. The number of aryl methyl sites for hydroxylation is 2. The van der Waals surface area contributed by atoms with Gasteiger partial charge in [0.2, 0.25) is 0 Å². The van der Waals surface area contributed by atoms with E-state index in [1.807, 2.05) is 13.1 Å². The average molecular weight is 250 g/mol. The molecule has 0 bridgehead atoms. The summed E-state index contributed by atoms with van der Waals surface area (Å²) in [7, 11) is 0. The van der Waals surface area contributed by atoms with Crippen molar-refractivity contribution in [2.24, 2.45) is 0 Å². The molecule has 1 aromatic rings. The van der Waals surface area contributed by atoms with Crippen LogP contribution < -0.4 is 10.6 Å². The van der Waals surface area contributed by atoms with Gasteiger partial charge in [-0.25, -0.2) is 9.97 Å². The summed E-state index contributed by atoms with van der Waals surface area (Å²) in [4.78, 5) is 8.66. The Kier molecular flexibility index (Phi) is 4.14. The first kappa shape index (κ1) is 13.2. The molecule has 0 aliphatic carbocycles. The Labute approximate surface area is 108 Å². The SMILES string of the molecule is CCCc1cnc(C)nc1NCC1(O)CCNC1. The van der Waals surface area contributed by atoms with Crippen molar-refractivity contribution in [3.05, 3.63) is 17.6 Å². The molecule has 5 heteroatoms. The fraction of sp³-hybridized carbons (Fsp3) is 0.692. The van der Waals surface area contributed by atoms with Gasteiger partial charge in [-0.05, 0) is 26.3 Å². The third-order valence-electron chi connectivity index (χ3n) is 3.31. The van der Waals surface area contributed by atoms with Gasteiger partial charge in [-0.2, -0.15) is 0 Å². The number of rotatable bonds is 5. The maximum absolute atomic E-state index is 10.3. The summed E-state index contributed by atoms with van der Waals surface area (Å²) in [6.07, 6.45) is 4.69. The van der Waals surface area contributed by atoms with Gasteiger partial charge in [-0.3, -0.25) is 0 Å². The Balaban J connectivity index is 2.05. The van der Waals surface area contributed by atoms with Gasteiger partial charge >= 0.3 is 0 Å². The number of nitrogens with zero attached hydrogens (tertiary/aromatic N) is 2. The third kappa shape index (κ3) is 3.17. The van der Waals surface area contributed by atoms with Crippen molar-refractivity contribution in [2.45, 2.75) is 38.7 Å². The fourth-order valence-electron chi connectivity index (χ4n) is 2.23. The predicted octanol–water partition coefficient (Wildman–Crippen LogP) is 0.874. The van der Waals surface area contributed by atoms with Crippen LogP contribution in [0, 0.1) is 6.92 Å². The Bertz CT molecular complexity index is 402. The molecular weight excluding hydrogens is 228 g/mol. The number of hydrogen-bond donors (Lipinski definition) is 3. The molecule has 2 rings (SSSR count). The lowest BCUT2D eigenvalue weighted by Gasteiger charge is -2.22. The molecular formula is C13H22N4O. The van der Waals surface area contributed by atoms with Gasteiger partial charge in [-0.15, -0.1) is 0 Å². The Morgan fingerprint density at radius 1 is 1.56 bits per heavy atom. The van der Waals surface area contributed by atoms with Crippen molar-refractivity contribution in [2.75, 3.05) is 25.0 Å². The lowest BCUT2D eigenvalue weighted by Crippen LogP contribution is -2.39. The van der Waals surface area contributed by atoms with Crippen LogP contribution in [0.2, 0.25) is 0 Å². The standard InChI is InChI=1S/C13H22N4O/c1-3-4-11-7-15-10(2)17-12(11)16-9-13(18)5-6-14-8-13/h7,14,18H,3-6,8-9H2,1-2H3,(H,15,16,17). The normalized spacial score (nSPS) is 23.3. The molecule has 1 atom stereocenters. The van der Waals surface area contributed by atoms with E-state index < -0.39 is 5.60 Å². The highest BCUT2D eigenvalue weighted by atomic mass is 16.3. The van der Waals surface area contributed by atoms with Crippen LogP contribution in [0.15, 0.2) is 6.20 Å². The maximum atomic E-state index is 10.3. The Morgan fingerprint density at radius 3 is 3.06 bits per heavy atom. The molecule has 0 saturated carbocycles. The van der Waals surface area contributed by atoms with Crippen molar-refractivity contribution < 1.29 is 5.11 Å². The highest BCUT2D eigenvalue weighted by Crippen LogP contribution is 2.18. The topological polar surface area (TPSA) is 70.1 Å².